The molecule has 0 aliphatic heterocycles. The van der Waals surface area contributed by atoms with Gasteiger partial charge in [-0.25, -0.2) is 0 Å². The van der Waals surface area contributed by atoms with Crippen molar-refractivity contribution in [2.75, 3.05) is 0 Å². The Balaban J connectivity index is 3.02. The number of aromatic amines is 1. The zero-order valence-corrected chi connectivity index (χ0v) is 9.13. The molecule has 0 saturated heterocycles. The molecule has 0 aliphatic rings. The van der Waals surface area contributed by atoms with Gasteiger partial charge in [0.25, 0.3) is 0 Å². The molecule has 0 unspecified atom stereocenters. The summed E-state index contributed by atoms with van der Waals surface area (Å²) in [5.41, 5.74) is -3.70. The number of hydrogen-bond donors (Lipinski definition) is 1. The smallest absolute Gasteiger partial charge is 0.364 e. The molecule has 0 radical (unpaired) electrons. The third kappa shape index (κ3) is 2.95. The molecule has 1 nitrogen and oxygen atoms in total. The van der Waals surface area contributed by atoms with Crippen molar-refractivity contribution in [3.05, 3.63) is 23.5 Å². The Labute approximate surface area is 93.8 Å². The molecule has 1 aromatic heterocycles. The lowest BCUT2D eigenvalue weighted by molar-refractivity contribution is -0.211. The maximum absolute atomic E-state index is 12.6. The molecular weight excluding hydrogens is 248 g/mol. The number of halogens is 6. The molecule has 0 atom stereocenters. The van der Waals surface area contributed by atoms with E-state index in [4.69, 9.17) is 0 Å². The van der Waals surface area contributed by atoms with Crippen molar-refractivity contribution < 1.29 is 26.3 Å². The fourth-order valence-corrected chi connectivity index (χ4v) is 1.36. The predicted molar refractivity (Wildman–Crippen MR) is 49.3 cm³/mol. The van der Waals surface area contributed by atoms with Gasteiger partial charge in [-0.05, 0) is 6.07 Å². The van der Waals surface area contributed by atoms with Crippen LogP contribution in [0.15, 0.2) is 12.3 Å². The maximum Gasteiger partial charge on any atom is 0.418 e. The third-order valence-electron chi connectivity index (χ3n) is 2.52. The Morgan fingerprint density at radius 1 is 1.06 bits per heavy atom. The van der Waals surface area contributed by atoms with Crippen LogP contribution in [0.1, 0.15) is 25.1 Å². The number of alkyl halides is 6. The molecule has 7 heteroatoms. The standard InChI is InChI=1S/C10H11F6N/c1-8(2,10(14,15)16)5-7-6(3-4-17-7)9(11,12)13/h3-4,17H,5H2,1-2H3. The van der Waals surface area contributed by atoms with Gasteiger partial charge in [0.05, 0.1) is 11.0 Å². The molecule has 0 bridgehead atoms. The number of H-pyrrole nitrogens is 1. The van der Waals surface area contributed by atoms with Gasteiger partial charge in [0.2, 0.25) is 0 Å². The average molecular weight is 259 g/mol. The summed E-state index contributed by atoms with van der Waals surface area (Å²) in [4.78, 5) is 2.22. The minimum Gasteiger partial charge on any atom is -0.364 e. The Kier molecular flexibility index (Phi) is 3.24. The zero-order chi connectivity index (χ0) is 13.5. The second-order valence-corrected chi connectivity index (χ2v) is 4.43. The fraction of sp³-hybridized carbons (Fsp3) is 0.600. The third-order valence-corrected chi connectivity index (χ3v) is 2.52. The summed E-state index contributed by atoms with van der Waals surface area (Å²) >= 11 is 0. The molecule has 98 valence electrons. The van der Waals surface area contributed by atoms with Crippen molar-refractivity contribution in [3.8, 4) is 0 Å². The summed E-state index contributed by atoms with van der Waals surface area (Å²) in [7, 11) is 0. The molecule has 1 heterocycles. The lowest BCUT2D eigenvalue weighted by atomic mass is 9.86. The second kappa shape index (κ2) is 3.96. The van der Waals surface area contributed by atoms with Crippen LogP contribution in [0, 0.1) is 5.41 Å². The van der Waals surface area contributed by atoms with Gasteiger partial charge in [-0.15, -0.1) is 0 Å². The van der Waals surface area contributed by atoms with Crippen molar-refractivity contribution in [2.24, 2.45) is 5.41 Å². The fourth-order valence-electron chi connectivity index (χ4n) is 1.36. The van der Waals surface area contributed by atoms with Crippen molar-refractivity contribution in [1.82, 2.24) is 4.98 Å². The largest absolute Gasteiger partial charge is 0.418 e. The number of aromatic nitrogens is 1. The Hall–Kier alpha value is -1.14. The first-order chi connectivity index (χ1) is 7.45. The van der Waals surface area contributed by atoms with Crippen molar-refractivity contribution >= 4 is 0 Å². The minimum absolute atomic E-state index is 0.445. The van der Waals surface area contributed by atoms with Gasteiger partial charge in [0.1, 0.15) is 0 Å². The van der Waals surface area contributed by atoms with Crippen LogP contribution in [-0.2, 0) is 12.6 Å². The highest BCUT2D eigenvalue weighted by Crippen LogP contribution is 2.42. The summed E-state index contributed by atoms with van der Waals surface area (Å²) in [6.45, 7) is 1.74. The molecule has 1 aromatic rings. The molecule has 0 saturated carbocycles. The highest BCUT2D eigenvalue weighted by molar-refractivity contribution is 5.25. The average Bonchev–Trinajstić information content (AvgIpc) is 2.47. The molecule has 17 heavy (non-hydrogen) atoms. The topological polar surface area (TPSA) is 15.8 Å². The van der Waals surface area contributed by atoms with Crippen LogP contribution in [0.4, 0.5) is 26.3 Å². The maximum atomic E-state index is 12.6. The van der Waals surface area contributed by atoms with E-state index in [1.54, 1.807) is 0 Å². The monoisotopic (exact) mass is 259 g/mol. The number of nitrogens with one attached hydrogen (secondary N) is 1. The zero-order valence-electron chi connectivity index (χ0n) is 9.13. The van der Waals surface area contributed by atoms with Gasteiger partial charge < -0.3 is 4.98 Å². The summed E-state index contributed by atoms with van der Waals surface area (Å²) < 4.78 is 75.0. The van der Waals surface area contributed by atoms with E-state index >= 15 is 0 Å². The Morgan fingerprint density at radius 3 is 2.00 bits per heavy atom. The summed E-state index contributed by atoms with van der Waals surface area (Å²) in [6, 6.07) is 0.738. The number of rotatable bonds is 2. The Morgan fingerprint density at radius 2 is 1.59 bits per heavy atom. The van der Waals surface area contributed by atoms with Crippen LogP contribution in [0.3, 0.4) is 0 Å². The number of hydrogen-bond acceptors (Lipinski definition) is 0. The van der Waals surface area contributed by atoms with Crippen molar-refractivity contribution in [2.45, 2.75) is 32.6 Å². The van der Waals surface area contributed by atoms with E-state index in [0.29, 0.717) is 0 Å². The van der Waals surface area contributed by atoms with E-state index in [-0.39, 0.29) is 0 Å². The quantitative estimate of drug-likeness (QED) is 0.767. The van der Waals surface area contributed by atoms with Gasteiger partial charge >= 0.3 is 12.4 Å². The van der Waals surface area contributed by atoms with Gasteiger partial charge in [0, 0.05) is 18.3 Å². The van der Waals surface area contributed by atoms with Crippen LogP contribution in [-0.4, -0.2) is 11.2 Å². The van der Waals surface area contributed by atoms with Crippen LogP contribution in [0.2, 0.25) is 0 Å². The van der Waals surface area contributed by atoms with E-state index < -0.39 is 35.4 Å². The van der Waals surface area contributed by atoms with Crippen LogP contribution in [0.5, 0.6) is 0 Å². The molecule has 0 aliphatic carbocycles. The van der Waals surface area contributed by atoms with E-state index in [1.165, 1.54) is 0 Å². The first-order valence-electron chi connectivity index (χ1n) is 4.75. The Bertz CT molecular complexity index is 384. The molecule has 0 fully saturated rings. The molecule has 1 rings (SSSR count). The molecule has 0 aromatic carbocycles. The summed E-state index contributed by atoms with van der Waals surface area (Å²) in [5, 5.41) is 0. The lowest BCUT2D eigenvalue weighted by Crippen LogP contribution is -2.34. The SMILES string of the molecule is CC(C)(Cc1[nH]ccc1C(F)(F)F)C(F)(F)F. The van der Waals surface area contributed by atoms with E-state index in [0.717, 1.165) is 26.1 Å². The first-order valence-corrected chi connectivity index (χ1v) is 4.75. The van der Waals surface area contributed by atoms with E-state index in [9.17, 15) is 26.3 Å². The lowest BCUT2D eigenvalue weighted by Gasteiger charge is -2.27. The van der Waals surface area contributed by atoms with Crippen LogP contribution in [0.25, 0.3) is 0 Å². The normalized spacial score (nSPS) is 14.1. The minimum atomic E-state index is -4.64. The van der Waals surface area contributed by atoms with Crippen molar-refractivity contribution in [3.63, 3.8) is 0 Å². The first kappa shape index (κ1) is 13.9. The summed E-state index contributed by atoms with van der Waals surface area (Å²) in [6.07, 6.45) is -8.94. The van der Waals surface area contributed by atoms with Gasteiger partial charge in [-0.3, -0.25) is 0 Å². The molecule has 0 amide bonds. The molecular formula is C10H11F6N. The van der Waals surface area contributed by atoms with Crippen LogP contribution >= 0.6 is 0 Å². The van der Waals surface area contributed by atoms with Crippen molar-refractivity contribution in [1.29, 1.82) is 0 Å². The van der Waals surface area contributed by atoms with Crippen LogP contribution < -0.4 is 0 Å². The van der Waals surface area contributed by atoms with Gasteiger partial charge in [-0.1, -0.05) is 13.8 Å². The molecule has 1 N–H and O–H groups in total. The highest BCUT2D eigenvalue weighted by Gasteiger charge is 2.48. The highest BCUT2D eigenvalue weighted by atomic mass is 19.4. The van der Waals surface area contributed by atoms with Gasteiger partial charge in [0.15, 0.2) is 0 Å². The summed E-state index contributed by atoms with van der Waals surface area (Å²) in [5.74, 6) is 0. The predicted octanol–water partition coefficient (Wildman–Crippen LogP) is 4.16. The van der Waals surface area contributed by atoms with E-state index in [2.05, 4.69) is 4.98 Å². The second-order valence-electron chi connectivity index (χ2n) is 4.43. The van der Waals surface area contributed by atoms with Gasteiger partial charge in [-0.2, -0.15) is 26.3 Å². The molecule has 0 spiro atoms. The van der Waals surface area contributed by atoms with E-state index in [1.807, 2.05) is 0 Å².